The van der Waals surface area contributed by atoms with Crippen LogP contribution >= 0.6 is 0 Å². The molecule has 3 aliphatic rings. The Kier molecular flexibility index (Phi) is 4.15. The van der Waals surface area contributed by atoms with Crippen LogP contribution in [-0.4, -0.2) is 24.6 Å². The summed E-state index contributed by atoms with van der Waals surface area (Å²) in [7, 11) is 1.43. The highest BCUT2D eigenvalue weighted by atomic mass is 16.5. The van der Waals surface area contributed by atoms with Gasteiger partial charge in [0, 0.05) is 11.8 Å². The molecule has 0 heterocycles. The number of rotatable bonds is 5. The predicted octanol–water partition coefficient (Wildman–Crippen LogP) is 1.90. The molecule has 4 heteroatoms. The van der Waals surface area contributed by atoms with Gasteiger partial charge in [0.1, 0.15) is 11.6 Å². The molecule has 3 rings (SSSR count). The van der Waals surface area contributed by atoms with E-state index in [0.29, 0.717) is 0 Å². The average Bonchev–Trinajstić information content (AvgIpc) is 3.22. The Hall–Kier alpha value is -1.19. The summed E-state index contributed by atoms with van der Waals surface area (Å²) in [6, 6.07) is 0. The largest absolute Gasteiger partial charge is 0.469 e. The van der Waals surface area contributed by atoms with E-state index >= 15 is 0 Å². The maximum atomic E-state index is 11.1. The van der Waals surface area contributed by atoms with E-state index in [0.717, 1.165) is 38.5 Å². The van der Waals surface area contributed by atoms with Crippen LogP contribution in [0, 0.1) is 17.8 Å². The van der Waals surface area contributed by atoms with Crippen molar-refractivity contribution < 1.29 is 19.1 Å². The first-order valence-corrected chi connectivity index (χ1v) is 6.75. The molecule has 0 aromatic rings. The van der Waals surface area contributed by atoms with Crippen LogP contribution in [0.2, 0.25) is 0 Å². The number of hydrogen-bond acceptors (Lipinski definition) is 4. The lowest BCUT2D eigenvalue weighted by molar-refractivity contribution is -0.142. The highest BCUT2D eigenvalue weighted by molar-refractivity contribution is 6.02. The number of methoxy groups -OCH3 is 1. The van der Waals surface area contributed by atoms with E-state index in [-0.39, 0.29) is 41.7 Å². The third kappa shape index (κ3) is 4.24. The normalized spacial score (nSPS) is 21.6. The first-order valence-electron chi connectivity index (χ1n) is 6.75. The second-order valence-electron chi connectivity index (χ2n) is 5.46. The predicted molar refractivity (Wildman–Crippen MR) is 64.8 cm³/mol. The van der Waals surface area contributed by atoms with Crippen molar-refractivity contribution in [3.8, 4) is 0 Å². The topological polar surface area (TPSA) is 60.4 Å². The van der Waals surface area contributed by atoms with Crippen molar-refractivity contribution in [3.63, 3.8) is 0 Å². The Labute approximate surface area is 107 Å². The van der Waals surface area contributed by atoms with Crippen molar-refractivity contribution in [2.24, 2.45) is 17.8 Å². The zero-order chi connectivity index (χ0) is 13.1. The molecule has 4 nitrogen and oxygen atoms in total. The van der Waals surface area contributed by atoms with Crippen LogP contribution in [0.25, 0.3) is 0 Å². The number of Topliss-reactive ketones (excluding diaryl/α,β-unsaturated/α-hetero) is 2. The van der Waals surface area contributed by atoms with Crippen LogP contribution in [0.3, 0.4) is 0 Å². The van der Waals surface area contributed by atoms with E-state index in [4.69, 9.17) is 0 Å². The molecule has 0 aliphatic heterocycles. The Morgan fingerprint density at radius 3 is 1.44 bits per heavy atom. The van der Waals surface area contributed by atoms with E-state index in [9.17, 15) is 14.4 Å². The van der Waals surface area contributed by atoms with Crippen LogP contribution in [-0.2, 0) is 19.1 Å². The molecular weight excluding hydrogens is 232 g/mol. The first-order chi connectivity index (χ1) is 8.61. The van der Waals surface area contributed by atoms with Gasteiger partial charge < -0.3 is 4.74 Å². The lowest BCUT2D eigenvalue weighted by Crippen LogP contribution is -2.10. The van der Waals surface area contributed by atoms with Crippen molar-refractivity contribution in [2.75, 3.05) is 7.11 Å². The summed E-state index contributed by atoms with van der Waals surface area (Å²) >= 11 is 0. The number of hydrogen-bond donors (Lipinski definition) is 0. The Morgan fingerprint density at radius 2 is 1.22 bits per heavy atom. The Bertz CT molecular complexity index is 327. The molecule has 0 N–H and O–H groups in total. The lowest BCUT2D eigenvalue weighted by Gasteiger charge is -1.94. The van der Waals surface area contributed by atoms with Crippen LogP contribution in [0.1, 0.15) is 44.9 Å². The van der Waals surface area contributed by atoms with Crippen molar-refractivity contribution in [1.29, 1.82) is 0 Å². The van der Waals surface area contributed by atoms with Gasteiger partial charge in [-0.2, -0.15) is 0 Å². The zero-order valence-corrected chi connectivity index (χ0v) is 10.8. The van der Waals surface area contributed by atoms with Gasteiger partial charge in [-0.25, -0.2) is 0 Å². The zero-order valence-electron chi connectivity index (χ0n) is 10.8. The summed E-state index contributed by atoms with van der Waals surface area (Å²) in [4.78, 5) is 32.6. The van der Waals surface area contributed by atoms with Crippen molar-refractivity contribution in [3.05, 3.63) is 0 Å². The van der Waals surface area contributed by atoms with E-state index in [1.807, 2.05) is 0 Å². The minimum atomic E-state index is -0.0417. The summed E-state index contributed by atoms with van der Waals surface area (Å²) in [6.07, 6.45) is 6.40. The highest BCUT2D eigenvalue weighted by Crippen LogP contribution is 2.35. The fourth-order valence-electron chi connectivity index (χ4n) is 1.76. The number of esters is 1. The monoisotopic (exact) mass is 252 g/mol. The highest BCUT2D eigenvalue weighted by Gasteiger charge is 2.35. The van der Waals surface area contributed by atoms with Gasteiger partial charge in [0.2, 0.25) is 0 Å². The van der Waals surface area contributed by atoms with E-state index in [2.05, 4.69) is 4.74 Å². The maximum Gasteiger partial charge on any atom is 0.308 e. The molecule has 0 radical (unpaired) electrons. The van der Waals surface area contributed by atoms with Gasteiger partial charge in [0.15, 0.2) is 0 Å². The molecule has 3 aliphatic carbocycles. The molecule has 0 spiro atoms. The second-order valence-corrected chi connectivity index (χ2v) is 5.46. The maximum absolute atomic E-state index is 11.1. The molecule has 0 aromatic carbocycles. The molecule has 18 heavy (non-hydrogen) atoms. The van der Waals surface area contributed by atoms with Crippen LogP contribution in [0.5, 0.6) is 0 Å². The summed E-state index contributed by atoms with van der Waals surface area (Å²) in [5.74, 6) is 1.13. The van der Waals surface area contributed by atoms with E-state index < -0.39 is 0 Å². The summed E-state index contributed by atoms with van der Waals surface area (Å²) in [5.41, 5.74) is 0. The fraction of sp³-hybridized carbons (Fsp3) is 0.786. The average molecular weight is 252 g/mol. The molecule has 3 saturated carbocycles. The van der Waals surface area contributed by atoms with Gasteiger partial charge in [-0.3, -0.25) is 14.4 Å². The standard InChI is InChI=1S/C9H12O2.C5H8O2/c10-8(6-1-2-6)5-9(11)7-3-4-7;1-7-5(6)4-2-3-4/h6-7H,1-5H2;4H,2-3H2,1H3. The SMILES string of the molecule is COC(=O)C1CC1.O=C(CC(=O)C1CC1)C1CC1. The number of carbonyl (C=O) groups is 3. The van der Waals surface area contributed by atoms with Gasteiger partial charge in [0.25, 0.3) is 0 Å². The summed E-state index contributed by atoms with van der Waals surface area (Å²) < 4.78 is 4.44. The van der Waals surface area contributed by atoms with Crippen LogP contribution < -0.4 is 0 Å². The molecule has 0 aromatic heterocycles. The molecule has 3 fully saturated rings. The van der Waals surface area contributed by atoms with Gasteiger partial charge in [-0.05, 0) is 38.5 Å². The van der Waals surface area contributed by atoms with Crippen LogP contribution in [0.15, 0.2) is 0 Å². The second kappa shape index (κ2) is 5.63. The summed E-state index contributed by atoms with van der Waals surface area (Å²) in [6.45, 7) is 0. The summed E-state index contributed by atoms with van der Waals surface area (Å²) in [5, 5.41) is 0. The van der Waals surface area contributed by atoms with Crippen molar-refractivity contribution >= 4 is 17.5 Å². The van der Waals surface area contributed by atoms with Crippen LogP contribution in [0.4, 0.5) is 0 Å². The molecule has 0 atom stereocenters. The molecular formula is C14H20O4. The van der Waals surface area contributed by atoms with E-state index in [1.54, 1.807) is 0 Å². The van der Waals surface area contributed by atoms with Gasteiger partial charge >= 0.3 is 5.97 Å². The first kappa shape index (κ1) is 13.2. The third-order valence-corrected chi connectivity index (χ3v) is 3.53. The van der Waals surface area contributed by atoms with E-state index in [1.165, 1.54) is 7.11 Å². The quantitative estimate of drug-likeness (QED) is 0.554. The van der Waals surface area contributed by atoms with Crippen molar-refractivity contribution in [1.82, 2.24) is 0 Å². The molecule has 0 amide bonds. The van der Waals surface area contributed by atoms with Gasteiger partial charge in [-0.15, -0.1) is 0 Å². The minimum absolute atomic E-state index is 0.0417. The van der Waals surface area contributed by atoms with Gasteiger partial charge in [-0.1, -0.05) is 0 Å². The fourth-order valence-corrected chi connectivity index (χ4v) is 1.76. The molecule has 0 unspecified atom stereocenters. The number of ether oxygens (including phenoxy) is 1. The Balaban J connectivity index is 0.000000149. The Morgan fingerprint density at radius 1 is 0.833 bits per heavy atom. The number of carbonyl (C=O) groups excluding carboxylic acids is 3. The lowest BCUT2D eigenvalue weighted by atomic mass is 10.1. The molecule has 100 valence electrons. The minimum Gasteiger partial charge on any atom is -0.469 e. The molecule has 0 saturated heterocycles. The van der Waals surface area contributed by atoms with Gasteiger partial charge in [0.05, 0.1) is 19.4 Å². The third-order valence-electron chi connectivity index (χ3n) is 3.53. The van der Waals surface area contributed by atoms with Crippen molar-refractivity contribution in [2.45, 2.75) is 44.9 Å². The number of ketones is 2. The molecule has 0 bridgehead atoms. The smallest absolute Gasteiger partial charge is 0.308 e.